The number of hydrogen-bond donors (Lipinski definition) is 1. The highest BCUT2D eigenvalue weighted by Gasteiger charge is 2.25. The molecule has 1 N–H and O–H groups in total. The van der Waals surface area contributed by atoms with Gasteiger partial charge in [-0.2, -0.15) is 0 Å². The lowest BCUT2D eigenvalue weighted by molar-refractivity contribution is -0.870. The summed E-state index contributed by atoms with van der Waals surface area (Å²) < 4.78 is 22.6. The predicted octanol–water partition coefficient (Wildman–Crippen LogP) is 14.6. The third-order valence-corrected chi connectivity index (χ3v) is 10.6. The highest BCUT2D eigenvalue weighted by molar-refractivity contribution is 5.71. The van der Waals surface area contributed by atoms with Crippen molar-refractivity contribution in [3.63, 3.8) is 0 Å². The van der Waals surface area contributed by atoms with Crippen molar-refractivity contribution in [2.75, 3.05) is 47.5 Å². The van der Waals surface area contributed by atoms with E-state index < -0.39 is 24.3 Å². The van der Waals surface area contributed by atoms with Crippen molar-refractivity contribution in [2.45, 2.75) is 200 Å². The summed E-state index contributed by atoms with van der Waals surface area (Å²) in [5.74, 6) is -2.03. The highest BCUT2D eigenvalue weighted by Crippen LogP contribution is 2.14. The van der Waals surface area contributed by atoms with Gasteiger partial charge in [-0.25, -0.2) is 4.79 Å². The molecule has 0 saturated carbocycles. The van der Waals surface area contributed by atoms with Crippen LogP contribution in [-0.4, -0.2) is 87.4 Å². The molecular weight excluding hydrogens is 827 g/mol. The molecule has 2 unspecified atom stereocenters. The molecule has 0 aliphatic carbocycles. The van der Waals surface area contributed by atoms with Crippen LogP contribution in [-0.2, 0) is 33.3 Å². The largest absolute Gasteiger partial charge is 0.477 e. The van der Waals surface area contributed by atoms with Crippen LogP contribution in [0.3, 0.4) is 0 Å². The quantitative estimate of drug-likeness (QED) is 0.0211. The van der Waals surface area contributed by atoms with E-state index in [2.05, 4.69) is 111 Å². The molecule has 0 amide bonds. The van der Waals surface area contributed by atoms with E-state index in [-0.39, 0.29) is 32.2 Å². The average Bonchev–Trinajstić information content (AvgIpc) is 3.28. The number of quaternary nitrogens is 1. The highest BCUT2D eigenvalue weighted by atomic mass is 16.7. The first-order valence-electron chi connectivity index (χ1n) is 25.9. The van der Waals surface area contributed by atoms with Crippen molar-refractivity contribution >= 4 is 17.9 Å². The van der Waals surface area contributed by atoms with Crippen molar-refractivity contribution in [3.05, 3.63) is 97.2 Å². The number of esters is 2. The molecule has 9 heteroatoms. The van der Waals surface area contributed by atoms with E-state index in [9.17, 15) is 19.5 Å². The second-order valence-corrected chi connectivity index (χ2v) is 18.1. The first-order valence-corrected chi connectivity index (χ1v) is 25.9. The van der Waals surface area contributed by atoms with Crippen LogP contribution in [0.1, 0.15) is 187 Å². The number of carboxylic acid groups (broad SMARTS) is 1. The molecular formula is C57H96NO8+. The number of allylic oxidation sites excluding steroid dienone is 16. The zero-order valence-corrected chi connectivity index (χ0v) is 42.6. The van der Waals surface area contributed by atoms with Gasteiger partial charge in [-0.1, -0.05) is 195 Å². The molecule has 66 heavy (non-hydrogen) atoms. The number of ether oxygens (including phenoxy) is 4. The number of carbonyl (C=O) groups excluding carboxylic acids is 2. The Morgan fingerprint density at radius 2 is 0.864 bits per heavy atom. The number of rotatable bonds is 46. The Morgan fingerprint density at radius 3 is 1.29 bits per heavy atom. The van der Waals surface area contributed by atoms with Crippen LogP contribution in [0.4, 0.5) is 0 Å². The normalized spacial score (nSPS) is 13.7. The standard InChI is InChI=1S/C57H95NO8/c1-6-8-10-12-14-15-16-17-18-19-20-21-22-23-24-25-26-27-28-29-30-31-32-33-34-35-36-37-38-39-40-41-42-44-46-48-55(60)66-53(51-64-54(59)47-45-43-13-11-9-7-2)52-65-57(56(61)62)63-50-49-58(3,4)5/h8,10,14-15,17-18,20-21,23-24,26-27,29-30,32-33,53,57H,6-7,9,11-13,16,19,22,25,28,31,34-52H2,1-5H3/p+1/b10-8-,15-14-,18-17-,21-20-,24-23-,27-26-,30-29-,33-32-. The van der Waals surface area contributed by atoms with E-state index in [0.29, 0.717) is 23.9 Å². The second-order valence-electron chi connectivity index (χ2n) is 18.1. The molecule has 0 aromatic carbocycles. The summed E-state index contributed by atoms with van der Waals surface area (Å²) in [6.45, 7) is 4.66. The summed E-state index contributed by atoms with van der Waals surface area (Å²) in [6.07, 6.45) is 60.9. The van der Waals surface area contributed by atoms with E-state index in [1.165, 1.54) is 51.4 Å². The summed E-state index contributed by atoms with van der Waals surface area (Å²) in [7, 11) is 5.94. The lowest BCUT2D eigenvalue weighted by Gasteiger charge is -2.25. The van der Waals surface area contributed by atoms with Crippen molar-refractivity contribution in [2.24, 2.45) is 0 Å². The number of nitrogens with zero attached hydrogens (tertiary/aromatic N) is 1. The monoisotopic (exact) mass is 923 g/mol. The van der Waals surface area contributed by atoms with Crippen LogP contribution in [0.15, 0.2) is 97.2 Å². The van der Waals surface area contributed by atoms with E-state index in [0.717, 1.165) is 103 Å². The molecule has 0 saturated heterocycles. The summed E-state index contributed by atoms with van der Waals surface area (Å²) >= 11 is 0. The van der Waals surface area contributed by atoms with E-state index >= 15 is 0 Å². The molecule has 0 aliphatic rings. The van der Waals surface area contributed by atoms with Crippen molar-refractivity contribution in [3.8, 4) is 0 Å². The molecule has 0 aliphatic heterocycles. The van der Waals surface area contributed by atoms with Crippen LogP contribution in [0.25, 0.3) is 0 Å². The van der Waals surface area contributed by atoms with Gasteiger partial charge < -0.3 is 28.5 Å². The fourth-order valence-corrected chi connectivity index (χ4v) is 6.62. The van der Waals surface area contributed by atoms with Gasteiger partial charge in [0.2, 0.25) is 0 Å². The molecule has 0 radical (unpaired) electrons. The number of aliphatic carboxylic acids is 1. The summed E-state index contributed by atoms with van der Waals surface area (Å²) in [4.78, 5) is 36.9. The maximum absolute atomic E-state index is 12.8. The summed E-state index contributed by atoms with van der Waals surface area (Å²) in [5, 5.41) is 9.61. The molecule has 0 rings (SSSR count). The molecule has 0 spiro atoms. The minimum absolute atomic E-state index is 0.183. The topological polar surface area (TPSA) is 108 Å². The molecule has 0 bridgehead atoms. The van der Waals surface area contributed by atoms with Gasteiger partial charge in [-0.05, 0) is 77.0 Å². The third kappa shape index (κ3) is 48.2. The third-order valence-electron chi connectivity index (χ3n) is 10.6. The van der Waals surface area contributed by atoms with Gasteiger partial charge in [0.1, 0.15) is 13.2 Å². The van der Waals surface area contributed by atoms with Crippen LogP contribution >= 0.6 is 0 Å². The van der Waals surface area contributed by atoms with Crippen molar-refractivity contribution < 1.29 is 42.9 Å². The Labute approximate surface area is 403 Å². The molecule has 2 atom stereocenters. The molecule has 0 aromatic rings. The zero-order chi connectivity index (χ0) is 48.4. The summed E-state index contributed by atoms with van der Waals surface area (Å²) in [6, 6.07) is 0. The Hall–Kier alpha value is -3.79. The molecule has 0 heterocycles. The fraction of sp³-hybridized carbons (Fsp3) is 0.667. The lowest BCUT2D eigenvalue weighted by atomic mass is 10.0. The van der Waals surface area contributed by atoms with Crippen molar-refractivity contribution in [1.82, 2.24) is 0 Å². The van der Waals surface area contributed by atoms with Gasteiger partial charge in [0.25, 0.3) is 6.29 Å². The fourth-order valence-electron chi connectivity index (χ4n) is 6.62. The van der Waals surface area contributed by atoms with Crippen LogP contribution in [0.2, 0.25) is 0 Å². The van der Waals surface area contributed by atoms with Gasteiger partial charge in [-0.15, -0.1) is 0 Å². The van der Waals surface area contributed by atoms with Crippen LogP contribution in [0.5, 0.6) is 0 Å². The average molecular weight is 923 g/mol. The SMILES string of the molecule is CC/C=C\C/C=C\C/C=C\C/C=C\C/C=C\C/C=C\C/C=C\C/C=C\CCCCCCCCCCCCC(=O)OC(COC(=O)CCCCCCCC)COC(OCC[N+](C)(C)C)C(=O)O. The van der Waals surface area contributed by atoms with Gasteiger partial charge in [-0.3, -0.25) is 9.59 Å². The molecule has 9 nitrogen and oxygen atoms in total. The predicted molar refractivity (Wildman–Crippen MR) is 276 cm³/mol. The smallest absolute Gasteiger partial charge is 0.361 e. The number of likely N-dealkylation sites (N-methyl/N-ethyl adjacent to an activating group) is 1. The molecule has 376 valence electrons. The number of unbranched alkanes of at least 4 members (excludes halogenated alkanes) is 15. The molecule has 0 fully saturated rings. The Bertz CT molecular complexity index is 1400. The van der Waals surface area contributed by atoms with E-state index in [1.807, 2.05) is 21.1 Å². The van der Waals surface area contributed by atoms with Gasteiger partial charge in [0, 0.05) is 12.8 Å². The first kappa shape index (κ1) is 62.2. The minimum Gasteiger partial charge on any atom is -0.477 e. The second kappa shape index (κ2) is 47.7. The van der Waals surface area contributed by atoms with Crippen LogP contribution < -0.4 is 0 Å². The lowest BCUT2D eigenvalue weighted by Crippen LogP contribution is -2.40. The van der Waals surface area contributed by atoms with Crippen molar-refractivity contribution in [1.29, 1.82) is 0 Å². The Balaban J connectivity index is 4.07. The maximum Gasteiger partial charge on any atom is 0.361 e. The van der Waals surface area contributed by atoms with Crippen LogP contribution in [0, 0.1) is 0 Å². The zero-order valence-electron chi connectivity index (χ0n) is 42.6. The van der Waals surface area contributed by atoms with E-state index in [1.54, 1.807) is 0 Å². The van der Waals surface area contributed by atoms with Gasteiger partial charge in [0.05, 0.1) is 34.4 Å². The Kier molecular flexibility index (Phi) is 45.0. The number of hydrogen-bond acceptors (Lipinski definition) is 7. The van der Waals surface area contributed by atoms with Gasteiger partial charge in [0.15, 0.2) is 6.10 Å². The van der Waals surface area contributed by atoms with E-state index in [4.69, 9.17) is 18.9 Å². The Morgan fingerprint density at radius 1 is 0.470 bits per heavy atom. The first-order chi connectivity index (χ1) is 32.1. The number of carboxylic acids is 1. The van der Waals surface area contributed by atoms with Gasteiger partial charge >= 0.3 is 17.9 Å². The maximum atomic E-state index is 12.8. The minimum atomic E-state index is -1.51. The molecule has 0 aromatic heterocycles. The summed E-state index contributed by atoms with van der Waals surface area (Å²) in [5.41, 5.74) is 0. The number of carbonyl (C=O) groups is 3.